The molecule has 2 aromatic carbocycles. The minimum atomic E-state index is -1.41. The molecule has 24 heteroatoms. The molecule has 3 aliphatic heterocycles. The van der Waals surface area contributed by atoms with Crippen LogP contribution in [0.25, 0.3) is 15.4 Å². The van der Waals surface area contributed by atoms with Gasteiger partial charge >= 0.3 is 0 Å². The van der Waals surface area contributed by atoms with Gasteiger partial charge in [0.25, 0.3) is 0 Å². The number of aliphatic imine (C=N–C) groups is 1. The van der Waals surface area contributed by atoms with Crippen molar-refractivity contribution in [2.75, 3.05) is 39.4 Å². The SMILES string of the molecule is Cc1csc2c1C(c1ccc(Cl)cc1)=N[C@@H](CC(=O)NC[C@H]1NC(=O)CNC(=O)[C@@H](c3ccc(-c4scnc4C)cc3)NC(=O)[C@@H]3C[C@@H](O)CN3C(=O)[C@H](C(C)(C)C)NC(=O)CCOCCNC1=O)c1nnc(C)n1-2. The Morgan fingerprint density at radius 1 is 0.880 bits per heavy atom. The van der Waals surface area contributed by atoms with Crippen LogP contribution in [-0.4, -0.2) is 140 Å². The van der Waals surface area contributed by atoms with Crippen LogP contribution in [0.2, 0.25) is 5.02 Å². The minimum absolute atomic E-state index is 0.0426. The zero-order valence-electron chi connectivity index (χ0n) is 42.2. The van der Waals surface area contributed by atoms with Crippen molar-refractivity contribution in [2.45, 2.75) is 97.1 Å². The lowest BCUT2D eigenvalue weighted by molar-refractivity contribution is -0.144. The second-order valence-electron chi connectivity index (χ2n) is 19.6. The Morgan fingerprint density at radius 3 is 2.32 bits per heavy atom. The predicted molar refractivity (Wildman–Crippen MR) is 280 cm³/mol. The Balaban J connectivity index is 1.03. The Morgan fingerprint density at radius 2 is 1.61 bits per heavy atom. The normalized spacial score (nSPS) is 22.6. The summed E-state index contributed by atoms with van der Waals surface area (Å²) in [6.45, 7) is 9.52. The number of thiophene rings is 1. The summed E-state index contributed by atoms with van der Waals surface area (Å²) in [5, 5.41) is 39.2. The van der Waals surface area contributed by atoms with Crippen molar-refractivity contribution in [2.24, 2.45) is 10.4 Å². The molecule has 7 N–H and O–H groups in total. The number of benzene rings is 2. The van der Waals surface area contributed by atoms with Crippen molar-refractivity contribution in [3.05, 3.63) is 104 Å². The number of rotatable bonds is 7. The van der Waals surface area contributed by atoms with Crippen molar-refractivity contribution in [3.8, 4) is 15.4 Å². The molecule has 0 unspecified atom stereocenters. The van der Waals surface area contributed by atoms with Gasteiger partial charge in [0, 0.05) is 48.6 Å². The fourth-order valence-corrected chi connectivity index (χ4v) is 11.1. The first-order valence-electron chi connectivity index (χ1n) is 24.4. The number of aromatic nitrogens is 4. The summed E-state index contributed by atoms with van der Waals surface area (Å²) in [4.78, 5) is 109. The molecule has 21 nitrogen and oxygen atoms in total. The Hall–Kier alpha value is -6.92. The number of aliphatic hydroxyl groups excluding tert-OH is 1. The largest absolute Gasteiger partial charge is 0.391 e. The average Bonchev–Trinajstić information content (AvgIpc) is 4.17. The maximum atomic E-state index is 14.3. The molecule has 5 aromatic rings. The van der Waals surface area contributed by atoms with Crippen LogP contribution in [0.1, 0.15) is 91.7 Å². The topological polar surface area (TPSA) is 280 Å². The van der Waals surface area contributed by atoms with Crippen LogP contribution in [0.4, 0.5) is 0 Å². The highest BCUT2D eigenvalue weighted by atomic mass is 35.5. The van der Waals surface area contributed by atoms with Gasteiger partial charge in [-0.2, -0.15) is 0 Å². The van der Waals surface area contributed by atoms with E-state index in [-0.39, 0.29) is 52.1 Å². The fraction of sp³-hybridized carbons (Fsp3) is 0.431. The number of amides is 7. The van der Waals surface area contributed by atoms with Gasteiger partial charge in [-0.15, -0.1) is 32.9 Å². The molecule has 0 spiro atoms. The summed E-state index contributed by atoms with van der Waals surface area (Å²) in [6, 6.07) is 8.11. The van der Waals surface area contributed by atoms with Crippen molar-refractivity contribution in [1.29, 1.82) is 0 Å². The Bertz CT molecular complexity index is 3000. The number of hydrogen-bond acceptors (Lipinski definition) is 15. The zero-order valence-corrected chi connectivity index (χ0v) is 44.6. The van der Waals surface area contributed by atoms with Gasteiger partial charge in [0.1, 0.15) is 41.0 Å². The van der Waals surface area contributed by atoms with Gasteiger partial charge in [0.05, 0.1) is 54.1 Å². The predicted octanol–water partition coefficient (Wildman–Crippen LogP) is 2.92. The highest BCUT2D eigenvalue weighted by Gasteiger charge is 2.45. The Labute approximate surface area is 445 Å². The summed E-state index contributed by atoms with van der Waals surface area (Å²) in [6.07, 6.45) is -1.60. The second kappa shape index (κ2) is 23.3. The first-order chi connectivity index (χ1) is 35.8. The smallest absolute Gasteiger partial charge is 0.247 e. The molecular weight excluding hydrogens is 1020 g/mol. The van der Waals surface area contributed by atoms with E-state index >= 15 is 0 Å². The molecule has 2 fully saturated rings. The van der Waals surface area contributed by atoms with E-state index in [9.17, 15) is 38.7 Å². The summed E-state index contributed by atoms with van der Waals surface area (Å²) < 4.78 is 7.54. The third-order valence-corrected chi connectivity index (χ3v) is 15.3. The van der Waals surface area contributed by atoms with Gasteiger partial charge in [0.15, 0.2) is 5.82 Å². The third kappa shape index (κ3) is 12.6. The van der Waals surface area contributed by atoms with Gasteiger partial charge in [-0.25, -0.2) is 4.98 Å². The first-order valence-corrected chi connectivity index (χ1v) is 26.5. The van der Waals surface area contributed by atoms with E-state index in [0.717, 1.165) is 37.8 Å². The zero-order chi connectivity index (χ0) is 53.7. The van der Waals surface area contributed by atoms with Gasteiger partial charge in [-0.3, -0.25) is 43.1 Å². The van der Waals surface area contributed by atoms with Gasteiger partial charge in [-0.1, -0.05) is 68.8 Å². The van der Waals surface area contributed by atoms with E-state index in [1.54, 1.807) is 62.7 Å². The summed E-state index contributed by atoms with van der Waals surface area (Å²) in [7, 11) is 0. The molecule has 75 heavy (non-hydrogen) atoms. The Kier molecular flexibility index (Phi) is 16.9. The highest BCUT2D eigenvalue weighted by molar-refractivity contribution is 7.13. The lowest BCUT2D eigenvalue weighted by atomic mass is 9.85. The highest BCUT2D eigenvalue weighted by Crippen LogP contribution is 2.38. The molecule has 0 saturated carbocycles. The van der Waals surface area contributed by atoms with Crippen molar-refractivity contribution in [1.82, 2.24) is 56.5 Å². The van der Waals surface area contributed by atoms with E-state index in [0.29, 0.717) is 27.9 Å². The van der Waals surface area contributed by atoms with E-state index in [2.05, 4.69) is 47.1 Å². The van der Waals surface area contributed by atoms with Gasteiger partial charge in [0.2, 0.25) is 41.4 Å². The molecule has 6 heterocycles. The van der Waals surface area contributed by atoms with Crippen LogP contribution in [0.5, 0.6) is 0 Å². The number of ether oxygens (including phenoxy) is 1. The quantitative estimate of drug-likeness (QED) is 0.124. The van der Waals surface area contributed by atoms with Crippen LogP contribution in [0, 0.1) is 26.2 Å². The van der Waals surface area contributed by atoms with E-state index < -0.39 is 89.6 Å². The molecule has 396 valence electrons. The fourth-order valence-electron chi connectivity index (χ4n) is 9.09. The van der Waals surface area contributed by atoms with Crippen molar-refractivity contribution >= 4 is 81.3 Å². The number of carbonyl (C=O) groups excluding carboxylic acids is 7. The molecule has 0 radical (unpaired) electrons. The third-order valence-electron chi connectivity index (χ3n) is 13.0. The maximum absolute atomic E-state index is 14.3. The van der Waals surface area contributed by atoms with E-state index in [4.69, 9.17) is 21.3 Å². The number of hydrogen-bond donors (Lipinski definition) is 7. The number of halogens is 1. The number of thiazole rings is 1. The molecule has 3 aromatic heterocycles. The molecule has 6 atom stereocenters. The minimum Gasteiger partial charge on any atom is -0.391 e. The monoisotopic (exact) mass is 1080 g/mol. The summed E-state index contributed by atoms with van der Waals surface area (Å²) >= 11 is 9.19. The maximum Gasteiger partial charge on any atom is 0.247 e. The number of nitrogens with zero attached hydrogens (tertiary/aromatic N) is 6. The van der Waals surface area contributed by atoms with E-state index in [1.165, 1.54) is 27.6 Å². The average molecular weight is 1080 g/mol. The molecular formula is C51H59ClN12O9S2. The van der Waals surface area contributed by atoms with E-state index in [1.807, 2.05) is 42.9 Å². The standard InChI is InChI=1S/C51H59ClN12O9S2/c1-26-24-74-50-40(26)41(29-11-13-32(52)14-12-29)58-34(45-62-61-28(3)64(45)50)20-38(67)54-21-35-46(69)53-16-18-73-17-15-37(66)59-44(51(4,5)6)49(72)63-23-33(65)19-36(63)47(70)60-42(48(71)55-22-39(68)57-35)30-7-9-31(10-8-30)43-27(2)56-25-75-43/h7-14,24-25,33-36,42,44,65H,15-23H2,1-6H3,(H,53,69)(H,54,67)(H,55,71)(H,57,68)(H,59,66)(H,60,70)/t33-,34+,35-,36+,42-,44-/m1/s1. The molecule has 0 bridgehead atoms. The summed E-state index contributed by atoms with van der Waals surface area (Å²) in [5.41, 5.74) is 6.06. The van der Waals surface area contributed by atoms with Gasteiger partial charge in [-0.05, 0) is 60.4 Å². The number of carbonyl (C=O) groups is 7. The van der Waals surface area contributed by atoms with Crippen molar-refractivity contribution < 1.29 is 43.4 Å². The molecule has 2 saturated heterocycles. The number of aliphatic hydroxyl groups is 1. The van der Waals surface area contributed by atoms with Crippen LogP contribution >= 0.6 is 34.3 Å². The van der Waals surface area contributed by atoms with Crippen LogP contribution < -0.4 is 31.9 Å². The van der Waals surface area contributed by atoms with Gasteiger partial charge < -0.3 is 46.6 Å². The molecule has 8 rings (SSSR count). The first kappa shape index (κ1) is 54.3. The molecule has 7 amide bonds. The van der Waals surface area contributed by atoms with Crippen LogP contribution in [0.3, 0.4) is 0 Å². The second-order valence-corrected chi connectivity index (χ2v) is 21.8. The molecule has 0 aliphatic carbocycles. The van der Waals surface area contributed by atoms with Crippen LogP contribution in [-0.2, 0) is 38.3 Å². The lowest BCUT2D eigenvalue weighted by Crippen LogP contribution is -2.58. The lowest BCUT2D eigenvalue weighted by Gasteiger charge is -2.35. The summed E-state index contributed by atoms with van der Waals surface area (Å²) in [5.74, 6) is -3.67. The van der Waals surface area contributed by atoms with Crippen molar-refractivity contribution in [3.63, 3.8) is 0 Å². The molecule has 3 aliphatic rings. The number of aryl methyl sites for hydroxylation is 3. The number of nitrogens with one attached hydrogen (secondary N) is 6. The van der Waals surface area contributed by atoms with Crippen LogP contribution in [0.15, 0.2) is 64.4 Å². The number of fused-ring (bicyclic) bond motifs is 4.